The molecule has 0 saturated carbocycles. The predicted molar refractivity (Wildman–Crippen MR) is 103 cm³/mol. The number of carbonyl (C=O) groups excluding carboxylic acids is 1. The average molecular weight is 394 g/mol. The maximum atomic E-state index is 13.0. The smallest absolute Gasteiger partial charge is 0.251 e. The van der Waals surface area contributed by atoms with E-state index in [1.165, 1.54) is 24.3 Å². The molecule has 4 aromatic rings. The molecule has 0 atom stereocenters. The normalized spacial score (nSPS) is 10.6. The lowest BCUT2D eigenvalue weighted by molar-refractivity contribution is 0.0950. The fraction of sp³-hybridized carbons (Fsp3) is 0.0500. The number of hydrogen-bond donors (Lipinski definition) is 1. The molecular formula is C20H15FN4O2S. The van der Waals surface area contributed by atoms with Gasteiger partial charge in [-0.25, -0.2) is 9.07 Å². The Morgan fingerprint density at radius 2 is 2.00 bits per heavy atom. The lowest BCUT2D eigenvalue weighted by atomic mass is 10.2. The van der Waals surface area contributed by atoms with Crippen molar-refractivity contribution in [2.45, 2.75) is 6.54 Å². The molecule has 4 rings (SSSR count). The standard InChI is InChI=1S/C20H15FN4O2S/c21-15-4-6-18(7-5-15)27-19-3-1-2-14(10-19)20(26)22-11-16-12-25(24-23-16)17-8-9-28-13-17/h1-10,12-13H,11H2,(H,22,26). The van der Waals surface area contributed by atoms with Crippen LogP contribution in [0.15, 0.2) is 71.6 Å². The molecule has 2 heterocycles. The van der Waals surface area contributed by atoms with E-state index in [0.29, 0.717) is 22.8 Å². The molecule has 0 aliphatic rings. The van der Waals surface area contributed by atoms with E-state index in [9.17, 15) is 9.18 Å². The Bertz CT molecular complexity index is 1080. The number of halogens is 1. The van der Waals surface area contributed by atoms with E-state index in [1.807, 2.05) is 16.8 Å². The van der Waals surface area contributed by atoms with E-state index >= 15 is 0 Å². The van der Waals surface area contributed by atoms with Gasteiger partial charge in [-0.1, -0.05) is 11.3 Å². The third kappa shape index (κ3) is 4.24. The quantitative estimate of drug-likeness (QED) is 0.532. The van der Waals surface area contributed by atoms with Crippen LogP contribution < -0.4 is 10.1 Å². The van der Waals surface area contributed by atoms with Crippen LogP contribution in [0.5, 0.6) is 11.5 Å². The van der Waals surface area contributed by atoms with Gasteiger partial charge in [0.1, 0.15) is 23.0 Å². The van der Waals surface area contributed by atoms with Crippen molar-refractivity contribution in [3.05, 3.63) is 88.6 Å². The van der Waals surface area contributed by atoms with E-state index in [4.69, 9.17) is 4.74 Å². The highest BCUT2D eigenvalue weighted by atomic mass is 32.1. The summed E-state index contributed by atoms with van der Waals surface area (Å²) in [7, 11) is 0. The molecular weight excluding hydrogens is 379 g/mol. The molecule has 2 aromatic carbocycles. The Hall–Kier alpha value is -3.52. The Kier molecular flexibility index (Phi) is 5.11. The van der Waals surface area contributed by atoms with Gasteiger partial charge in [0.25, 0.3) is 5.91 Å². The maximum Gasteiger partial charge on any atom is 0.251 e. The van der Waals surface area contributed by atoms with Gasteiger partial charge < -0.3 is 10.1 Å². The zero-order chi connectivity index (χ0) is 19.3. The second-order valence-corrected chi connectivity index (χ2v) is 6.68. The highest BCUT2D eigenvalue weighted by Crippen LogP contribution is 2.22. The number of aromatic nitrogens is 3. The summed E-state index contributed by atoms with van der Waals surface area (Å²) in [5.74, 6) is 0.387. The van der Waals surface area contributed by atoms with Gasteiger partial charge in [-0.15, -0.1) is 5.10 Å². The fourth-order valence-corrected chi connectivity index (χ4v) is 3.13. The van der Waals surface area contributed by atoms with Crippen LogP contribution in [0.25, 0.3) is 5.69 Å². The first-order valence-corrected chi connectivity index (χ1v) is 9.37. The molecule has 0 unspecified atom stereocenters. The van der Waals surface area contributed by atoms with Crippen LogP contribution in [0.1, 0.15) is 16.1 Å². The van der Waals surface area contributed by atoms with Gasteiger partial charge >= 0.3 is 0 Å². The highest BCUT2D eigenvalue weighted by molar-refractivity contribution is 7.08. The van der Waals surface area contributed by atoms with E-state index in [-0.39, 0.29) is 18.3 Å². The molecule has 8 heteroatoms. The monoisotopic (exact) mass is 394 g/mol. The maximum absolute atomic E-state index is 13.0. The Morgan fingerprint density at radius 3 is 2.79 bits per heavy atom. The zero-order valence-electron chi connectivity index (χ0n) is 14.6. The molecule has 0 aliphatic heterocycles. The van der Waals surface area contributed by atoms with Gasteiger partial charge in [0, 0.05) is 10.9 Å². The highest BCUT2D eigenvalue weighted by Gasteiger charge is 2.09. The van der Waals surface area contributed by atoms with Crippen LogP contribution in [-0.2, 0) is 6.54 Å². The molecule has 0 aliphatic carbocycles. The first kappa shape index (κ1) is 17.9. The summed E-state index contributed by atoms with van der Waals surface area (Å²) in [6.07, 6.45) is 1.77. The lowest BCUT2D eigenvalue weighted by Gasteiger charge is -2.08. The molecule has 0 bridgehead atoms. The molecule has 1 amide bonds. The van der Waals surface area contributed by atoms with Gasteiger partial charge in [-0.3, -0.25) is 4.79 Å². The van der Waals surface area contributed by atoms with E-state index in [1.54, 1.807) is 46.5 Å². The fourth-order valence-electron chi connectivity index (χ4n) is 2.51. The van der Waals surface area contributed by atoms with E-state index in [0.717, 1.165) is 5.69 Å². The summed E-state index contributed by atoms with van der Waals surface area (Å²) in [5.41, 5.74) is 2.03. The van der Waals surface area contributed by atoms with Crippen molar-refractivity contribution in [1.29, 1.82) is 0 Å². The molecule has 2 aromatic heterocycles. The third-order valence-corrected chi connectivity index (χ3v) is 4.56. The number of rotatable bonds is 6. The third-order valence-electron chi connectivity index (χ3n) is 3.89. The molecule has 0 spiro atoms. The van der Waals surface area contributed by atoms with Crippen LogP contribution in [-0.4, -0.2) is 20.9 Å². The van der Waals surface area contributed by atoms with Crippen molar-refractivity contribution >= 4 is 17.2 Å². The summed E-state index contributed by atoms with van der Waals surface area (Å²) in [4.78, 5) is 12.4. The van der Waals surface area contributed by atoms with Crippen molar-refractivity contribution in [3.63, 3.8) is 0 Å². The van der Waals surface area contributed by atoms with Crippen molar-refractivity contribution in [3.8, 4) is 17.2 Å². The second kappa shape index (κ2) is 8.01. The summed E-state index contributed by atoms with van der Waals surface area (Å²) in [6, 6.07) is 14.4. The average Bonchev–Trinajstić information content (AvgIpc) is 3.40. The minimum absolute atomic E-state index is 0.255. The second-order valence-electron chi connectivity index (χ2n) is 5.90. The first-order valence-electron chi connectivity index (χ1n) is 8.43. The SMILES string of the molecule is O=C(NCc1cn(-c2ccsc2)nn1)c1cccc(Oc2ccc(F)cc2)c1. The minimum atomic E-state index is -0.337. The summed E-state index contributed by atoms with van der Waals surface area (Å²) in [5, 5.41) is 14.9. The molecule has 1 N–H and O–H groups in total. The van der Waals surface area contributed by atoms with Crippen LogP contribution in [0.3, 0.4) is 0 Å². The molecule has 28 heavy (non-hydrogen) atoms. The molecule has 140 valence electrons. The summed E-state index contributed by atoms with van der Waals surface area (Å²) in [6.45, 7) is 0.256. The summed E-state index contributed by atoms with van der Waals surface area (Å²) < 4.78 is 20.3. The first-order chi connectivity index (χ1) is 13.7. The Balaban J connectivity index is 1.39. The van der Waals surface area contributed by atoms with Gasteiger partial charge in [-0.05, 0) is 53.9 Å². The van der Waals surface area contributed by atoms with Crippen molar-refractivity contribution in [1.82, 2.24) is 20.3 Å². The van der Waals surface area contributed by atoms with E-state index in [2.05, 4.69) is 15.6 Å². The van der Waals surface area contributed by atoms with Crippen LogP contribution in [0.2, 0.25) is 0 Å². The topological polar surface area (TPSA) is 69.0 Å². The largest absolute Gasteiger partial charge is 0.457 e. The van der Waals surface area contributed by atoms with Gasteiger partial charge in [0.05, 0.1) is 18.4 Å². The van der Waals surface area contributed by atoms with Crippen LogP contribution in [0.4, 0.5) is 4.39 Å². The van der Waals surface area contributed by atoms with Crippen molar-refractivity contribution in [2.75, 3.05) is 0 Å². The number of benzene rings is 2. The van der Waals surface area contributed by atoms with Crippen molar-refractivity contribution in [2.24, 2.45) is 0 Å². The number of nitrogens with zero attached hydrogens (tertiary/aromatic N) is 3. The van der Waals surface area contributed by atoms with Gasteiger partial charge in [0.15, 0.2) is 0 Å². The lowest BCUT2D eigenvalue weighted by Crippen LogP contribution is -2.22. The zero-order valence-corrected chi connectivity index (χ0v) is 15.4. The predicted octanol–water partition coefficient (Wildman–Crippen LogP) is 4.19. The number of nitrogens with one attached hydrogen (secondary N) is 1. The number of amides is 1. The number of ether oxygens (including phenoxy) is 1. The number of thiophene rings is 1. The minimum Gasteiger partial charge on any atom is -0.457 e. The van der Waals surface area contributed by atoms with Gasteiger partial charge in [-0.2, -0.15) is 11.3 Å². The molecule has 0 fully saturated rings. The van der Waals surface area contributed by atoms with Crippen molar-refractivity contribution < 1.29 is 13.9 Å². The molecule has 6 nitrogen and oxygen atoms in total. The molecule has 0 saturated heterocycles. The van der Waals surface area contributed by atoms with Crippen LogP contribution >= 0.6 is 11.3 Å². The number of carbonyl (C=O) groups is 1. The summed E-state index contributed by atoms with van der Waals surface area (Å²) >= 11 is 1.57. The Morgan fingerprint density at radius 1 is 1.14 bits per heavy atom. The molecule has 0 radical (unpaired) electrons. The van der Waals surface area contributed by atoms with E-state index < -0.39 is 0 Å². The van der Waals surface area contributed by atoms with Crippen LogP contribution in [0, 0.1) is 5.82 Å². The Labute approximate surface area is 164 Å². The number of hydrogen-bond acceptors (Lipinski definition) is 5. The van der Waals surface area contributed by atoms with Gasteiger partial charge in [0.2, 0.25) is 0 Å².